The van der Waals surface area contributed by atoms with Crippen molar-refractivity contribution in [1.29, 1.82) is 0 Å². The molecule has 1 amide bonds. The zero-order valence-corrected chi connectivity index (χ0v) is 23.8. The SMILES string of the molecule is C=CCN(CC=C)CCS(=O)(=O)Nc1ccc(Nc2ncc(Cl)c(Nc3ccccc3C(=O)NC)n2)c(OC)c1. The number of carbonyl (C=O) groups is 1. The molecule has 0 radical (unpaired) electrons. The third-order valence-electron chi connectivity index (χ3n) is 5.57. The minimum Gasteiger partial charge on any atom is -0.494 e. The molecule has 3 rings (SSSR count). The first-order valence-corrected chi connectivity index (χ1v) is 14.2. The lowest BCUT2D eigenvalue weighted by molar-refractivity contribution is 0.0964. The van der Waals surface area contributed by atoms with Crippen molar-refractivity contribution in [3.8, 4) is 5.75 Å². The monoisotopic (exact) mass is 585 g/mol. The van der Waals surface area contributed by atoms with Crippen LogP contribution in [0.4, 0.5) is 28.8 Å². The first-order valence-electron chi connectivity index (χ1n) is 12.2. The Morgan fingerprint density at radius 3 is 2.50 bits per heavy atom. The minimum absolute atomic E-state index is 0.103. The van der Waals surface area contributed by atoms with E-state index in [-0.39, 0.29) is 28.4 Å². The molecule has 1 heterocycles. The average Bonchev–Trinajstić information content (AvgIpc) is 2.94. The van der Waals surface area contributed by atoms with Gasteiger partial charge >= 0.3 is 0 Å². The second kappa shape index (κ2) is 14.3. The predicted molar refractivity (Wildman–Crippen MR) is 161 cm³/mol. The van der Waals surface area contributed by atoms with Gasteiger partial charge in [0.05, 0.1) is 41.7 Å². The van der Waals surface area contributed by atoms with Gasteiger partial charge in [-0.15, -0.1) is 13.2 Å². The van der Waals surface area contributed by atoms with Crippen LogP contribution in [0.2, 0.25) is 5.02 Å². The van der Waals surface area contributed by atoms with E-state index in [9.17, 15) is 13.2 Å². The van der Waals surface area contributed by atoms with E-state index < -0.39 is 10.0 Å². The summed E-state index contributed by atoms with van der Waals surface area (Å²) in [6.07, 6.45) is 4.85. The summed E-state index contributed by atoms with van der Waals surface area (Å²) in [7, 11) is -0.616. The van der Waals surface area contributed by atoms with Gasteiger partial charge in [-0.3, -0.25) is 14.4 Å². The van der Waals surface area contributed by atoms with Gasteiger partial charge < -0.3 is 20.7 Å². The lowest BCUT2D eigenvalue weighted by Gasteiger charge is -2.19. The molecule has 0 aliphatic heterocycles. The number of nitrogens with zero attached hydrogens (tertiary/aromatic N) is 3. The van der Waals surface area contributed by atoms with E-state index in [1.807, 2.05) is 4.90 Å². The Kier molecular flexibility index (Phi) is 10.9. The molecule has 0 saturated heterocycles. The minimum atomic E-state index is -3.63. The van der Waals surface area contributed by atoms with Gasteiger partial charge in [0.25, 0.3) is 5.91 Å². The van der Waals surface area contributed by atoms with Gasteiger partial charge in [0.15, 0.2) is 5.82 Å². The van der Waals surface area contributed by atoms with Crippen LogP contribution in [0.5, 0.6) is 5.75 Å². The van der Waals surface area contributed by atoms with Crippen LogP contribution in [0.1, 0.15) is 10.4 Å². The maximum atomic E-state index is 12.7. The molecule has 0 aliphatic carbocycles. The maximum absolute atomic E-state index is 12.7. The summed E-state index contributed by atoms with van der Waals surface area (Å²) >= 11 is 6.32. The summed E-state index contributed by atoms with van der Waals surface area (Å²) in [6.45, 7) is 8.83. The van der Waals surface area contributed by atoms with Crippen molar-refractivity contribution in [2.24, 2.45) is 0 Å². The van der Waals surface area contributed by atoms with Gasteiger partial charge in [-0.05, 0) is 24.3 Å². The van der Waals surface area contributed by atoms with E-state index >= 15 is 0 Å². The molecular formula is C27H32ClN7O4S. The van der Waals surface area contributed by atoms with Gasteiger partial charge in [-0.2, -0.15) is 4.98 Å². The number of para-hydroxylation sites is 1. The zero-order valence-electron chi connectivity index (χ0n) is 22.3. The number of hydrogen-bond acceptors (Lipinski definition) is 9. The Hall–Kier alpha value is -4.13. The molecule has 0 atom stereocenters. The molecule has 2 aromatic carbocycles. The Morgan fingerprint density at radius 1 is 1.10 bits per heavy atom. The summed E-state index contributed by atoms with van der Waals surface area (Å²) in [6, 6.07) is 11.7. The van der Waals surface area contributed by atoms with Crippen LogP contribution in [0.25, 0.3) is 0 Å². The summed E-state index contributed by atoms with van der Waals surface area (Å²) in [5, 5.41) is 8.97. The molecule has 40 heavy (non-hydrogen) atoms. The molecule has 13 heteroatoms. The van der Waals surface area contributed by atoms with E-state index in [4.69, 9.17) is 16.3 Å². The highest BCUT2D eigenvalue weighted by Gasteiger charge is 2.16. The fourth-order valence-corrected chi connectivity index (χ4v) is 4.87. The zero-order chi connectivity index (χ0) is 29.1. The Labute approximate surface area is 239 Å². The Morgan fingerprint density at radius 2 is 1.82 bits per heavy atom. The lowest BCUT2D eigenvalue weighted by atomic mass is 10.1. The fourth-order valence-electron chi connectivity index (χ4n) is 3.65. The van der Waals surface area contributed by atoms with E-state index in [1.54, 1.807) is 61.7 Å². The molecule has 3 aromatic rings. The van der Waals surface area contributed by atoms with Crippen LogP contribution >= 0.6 is 11.6 Å². The fraction of sp³-hybridized carbons (Fsp3) is 0.222. The summed E-state index contributed by atoms with van der Waals surface area (Å²) < 4.78 is 33.4. The molecule has 4 N–H and O–H groups in total. The molecule has 1 aromatic heterocycles. The molecule has 0 fully saturated rings. The number of hydrogen-bond donors (Lipinski definition) is 4. The topological polar surface area (TPSA) is 138 Å². The van der Waals surface area contributed by atoms with Gasteiger partial charge in [-0.1, -0.05) is 35.9 Å². The smallest absolute Gasteiger partial charge is 0.253 e. The molecule has 212 valence electrons. The van der Waals surface area contributed by atoms with Crippen LogP contribution in [-0.2, 0) is 10.0 Å². The first kappa shape index (κ1) is 30.4. The molecule has 0 saturated carbocycles. The molecule has 0 unspecified atom stereocenters. The van der Waals surface area contributed by atoms with Gasteiger partial charge in [-0.25, -0.2) is 13.4 Å². The predicted octanol–water partition coefficient (Wildman–Crippen LogP) is 4.40. The molecule has 0 bridgehead atoms. The van der Waals surface area contributed by atoms with E-state index in [0.29, 0.717) is 48.0 Å². The third kappa shape index (κ3) is 8.43. The number of halogens is 1. The van der Waals surface area contributed by atoms with Gasteiger partial charge in [0, 0.05) is 32.7 Å². The number of amides is 1. The molecule has 11 nitrogen and oxygen atoms in total. The van der Waals surface area contributed by atoms with Crippen molar-refractivity contribution in [1.82, 2.24) is 20.2 Å². The van der Waals surface area contributed by atoms with Crippen molar-refractivity contribution in [2.45, 2.75) is 0 Å². The molecular weight excluding hydrogens is 554 g/mol. The van der Waals surface area contributed by atoms with Crippen molar-refractivity contribution < 1.29 is 17.9 Å². The Bertz CT molecular complexity index is 1460. The second-order valence-electron chi connectivity index (χ2n) is 8.44. The summed E-state index contributed by atoms with van der Waals surface area (Å²) in [5.41, 5.74) is 1.77. The van der Waals surface area contributed by atoms with Crippen molar-refractivity contribution in [3.05, 3.63) is 84.6 Å². The second-order valence-corrected chi connectivity index (χ2v) is 10.7. The van der Waals surface area contributed by atoms with Gasteiger partial charge in [0.1, 0.15) is 10.8 Å². The quantitative estimate of drug-likeness (QED) is 0.191. The molecule has 0 spiro atoms. The Balaban J connectivity index is 1.76. The van der Waals surface area contributed by atoms with Crippen LogP contribution < -0.4 is 25.4 Å². The van der Waals surface area contributed by atoms with Crippen LogP contribution in [0.3, 0.4) is 0 Å². The van der Waals surface area contributed by atoms with Crippen molar-refractivity contribution in [3.63, 3.8) is 0 Å². The first-order chi connectivity index (χ1) is 19.2. The highest BCUT2D eigenvalue weighted by molar-refractivity contribution is 7.92. The normalized spacial score (nSPS) is 11.0. The largest absolute Gasteiger partial charge is 0.494 e. The summed E-state index contributed by atoms with van der Waals surface area (Å²) in [5.74, 6) is 0.464. The lowest BCUT2D eigenvalue weighted by Crippen LogP contribution is -2.31. The number of aromatic nitrogens is 2. The highest BCUT2D eigenvalue weighted by atomic mass is 35.5. The number of nitrogens with one attached hydrogen (secondary N) is 4. The number of ether oxygens (including phenoxy) is 1. The number of anilines is 5. The maximum Gasteiger partial charge on any atom is 0.253 e. The number of benzene rings is 2. The van der Waals surface area contributed by atoms with Crippen molar-refractivity contribution in [2.75, 3.05) is 54.9 Å². The van der Waals surface area contributed by atoms with Crippen molar-refractivity contribution >= 4 is 56.4 Å². The van der Waals surface area contributed by atoms with Crippen LogP contribution in [-0.4, -0.2) is 68.7 Å². The van der Waals surface area contributed by atoms with E-state index in [0.717, 1.165) is 0 Å². The summed E-state index contributed by atoms with van der Waals surface area (Å²) in [4.78, 5) is 22.8. The highest BCUT2D eigenvalue weighted by Crippen LogP contribution is 2.32. The molecule has 0 aliphatic rings. The number of methoxy groups -OCH3 is 1. The van der Waals surface area contributed by atoms with E-state index in [1.165, 1.54) is 13.3 Å². The number of carbonyl (C=O) groups excluding carboxylic acids is 1. The van der Waals surface area contributed by atoms with Crippen LogP contribution in [0.15, 0.2) is 74.0 Å². The standard InChI is InChI=1S/C27H32ClN7O4S/c1-5-13-35(14-6-2)15-16-40(37,38)34-19-11-12-23(24(17-19)39-4)32-27-30-18-21(28)25(33-27)31-22-10-8-7-9-20(22)26(36)29-3/h5-12,17-18,34H,1-2,13-16H2,3-4H3,(H,29,36)(H2,30,31,32,33). The number of sulfonamides is 1. The third-order valence-corrected chi connectivity index (χ3v) is 7.11. The average molecular weight is 586 g/mol. The van der Waals surface area contributed by atoms with E-state index in [2.05, 4.69) is 43.8 Å². The number of rotatable bonds is 15. The van der Waals surface area contributed by atoms with Gasteiger partial charge in [0.2, 0.25) is 16.0 Å². The van der Waals surface area contributed by atoms with Crippen LogP contribution in [0, 0.1) is 0 Å².